The van der Waals surface area contributed by atoms with Gasteiger partial charge in [0.1, 0.15) is 5.75 Å². The second-order valence-electron chi connectivity index (χ2n) is 4.37. The van der Waals surface area contributed by atoms with Gasteiger partial charge in [-0.3, -0.25) is 4.79 Å². The maximum absolute atomic E-state index is 11.9. The third-order valence-corrected chi connectivity index (χ3v) is 3.13. The van der Waals surface area contributed by atoms with Gasteiger partial charge in [0.25, 0.3) is 0 Å². The number of halogens is 1. The molecule has 0 aliphatic heterocycles. The monoisotopic (exact) mass is 319 g/mol. The van der Waals surface area contributed by atoms with Crippen molar-refractivity contribution in [3.63, 3.8) is 0 Å². The van der Waals surface area contributed by atoms with E-state index in [1.54, 1.807) is 24.3 Å². The molecule has 0 atom stereocenters. The van der Waals surface area contributed by atoms with Crippen LogP contribution in [0.2, 0.25) is 0 Å². The lowest BCUT2D eigenvalue weighted by Gasteiger charge is -2.08. The minimum absolute atomic E-state index is 0.142. The Kier molecular flexibility index (Phi) is 4.22. The molecule has 3 nitrogen and oxygen atoms in total. The number of carbonyl (C=O) groups is 1. The standard InChI is InChI=1S/C15H14BrNO2/c1-10-6-12(16)9-13(7-10)17-15(19)8-11-4-2-3-5-14(11)18/h2-7,9,18H,8H2,1H3,(H,17,19). The van der Waals surface area contributed by atoms with E-state index in [9.17, 15) is 9.90 Å². The van der Waals surface area contributed by atoms with Crippen molar-refractivity contribution < 1.29 is 9.90 Å². The minimum Gasteiger partial charge on any atom is -0.508 e. The van der Waals surface area contributed by atoms with Gasteiger partial charge in [0.05, 0.1) is 6.42 Å². The molecule has 0 fully saturated rings. The van der Waals surface area contributed by atoms with Crippen LogP contribution in [0, 0.1) is 6.92 Å². The van der Waals surface area contributed by atoms with Crippen molar-refractivity contribution >= 4 is 27.5 Å². The Labute approximate surface area is 120 Å². The summed E-state index contributed by atoms with van der Waals surface area (Å²) in [6.07, 6.45) is 0.151. The largest absolute Gasteiger partial charge is 0.508 e. The van der Waals surface area contributed by atoms with Gasteiger partial charge in [-0.2, -0.15) is 0 Å². The molecule has 19 heavy (non-hydrogen) atoms. The average Bonchev–Trinajstić information content (AvgIpc) is 2.30. The molecule has 0 spiro atoms. The molecule has 4 heteroatoms. The highest BCUT2D eigenvalue weighted by Crippen LogP contribution is 2.20. The molecule has 0 saturated heterocycles. The fourth-order valence-electron chi connectivity index (χ4n) is 1.85. The van der Waals surface area contributed by atoms with Crippen molar-refractivity contribution in [3.8, 4) is 5.75 Å². The van der Waals surface area contributed by atoms with E-state index >= 15 is 0 Å². The number of anilines is 1. The van der Waals surface area contributed by atoms with Gasteiger partial charge in [-0.15, -0.1) is 0 Å². The second kappa shape index (κ2) is 5.89. The quantitative estimate of drug-likeness (QED) is 0.907. The molecule has 0 radical (unpaired) electrons. The topological polar surface area (TPSA) is 49.3 Å². The molecular formula is C15H14BrNO2. The van der Waals surface area contributed by atoms with Crippen LogP contribution in [0.1, 0.15) is 11.1 Å². The summed E-state index contributed by atoms with van der Waals surface area (Å²) in [7, 11) is 0. The maximum atomic E-state index is 11.9. The number of hydrogen-bond donors (Lipinski definition) is 2. The van der Waals surface area contributed by atoms with Crippen molar-refractivity contribution in [2.45, 2.75) is 13.3 Å². The van der Waals surface area contributed by atoms with E-state index in [1.165, 1.54) is 0 Å². The second-order valence-corrected chi connectivity index (χ2v) is 5.29. The molecule has 0 heterocycles. The Morgan fingerprint density at radius 1 is 1.26 bits per heavy atom. The van der Waals surface area contributed by atoms with Gasteiger partial charge in [0.15, 0.2) is 0 Å². The van der Waals surface area contributed by atoms with Crippen LogP contribution in [-0.2, 0) is 11.2 Å². The van der Waals surface area contributed by atoms with Gasteiger partial charge in [-0.1, -0.05) is 34.1 Å². The summed E-state index contributed by atoms with van der Waals surface area (Å²) in [6.45, 7) is 1.96. The average molecular weight is 320 g/mol. The molecule has 0 saturated carbocycles. The molecule has 0 bridgehead atoms. The Balaban J connectivity index is 2.07. The molecule has 1 amide bonds. The van der Waals surface area contributed by atoms with Gasteiger partial charge in [0, 0.05) is 15.7 Å². The first-order valence-electron chi connectivity index (χ1n) is 5.88. The van der Waals surface area contributed by atoms with Gasteiger partial charge in [0.2, 0.25) is 5.91 Å². The number of phenolic OH excluding ortho intramolecular Hbond substituents is 1. The number of phenols is 1. The van der Waals surface area contributed by atoms with Crippen LogP contribution in [-0.4, -0.2) is 11.0 Å². The first-order valence-corrected chi connectivity index (χ1v) is 6.68. The van der Waals surface area contributed by atoms with E-state index in [2.05, 4.69) is 21.2 Å². The maximum Gasteiger partial charge on any atom is 0.228 e. The summed E-state index contributed by atoms with van der Waals surface area (Å²) >= 11 is 3.39. The number of aromatic hydroxyl groups is 1. The highest BCUT2D eigenvalue weighted by Gasteiger charge is 2.08. The smallest absolute Gasteiger partial charge is 0.228 e. The molecule has 98 valence electrons. The Hall–Kier alpha value is -1.81. The van der Waals surface area contributed by atoms with E-state index in [4.69, 9.17) is 0 Å². The van der Waals surface area contributed by atoms with Crippen molar-refractivity contribution in [2.24, 2.45) is 0 Å². The number of rotatable bonds is 3. The number of aryl methyl sites for hydroxylation is 1. The first-order chi connectivity index (χ1) is 9.04. The lowest BCUT2D eigenvalue weighted by molar-refractivity contribution is -0.115. The third kappa shape index (κ3) is 3.83. The Bertz CT molecular complexity index is 591. The molecular weight excluding hydrogens is 306 g/mol. The zero-order valence-corrected chi connectivity index (χ0v) is 12.1. The van der Waals surface area contributed by atoms with Crippen LogP contribution in [0.25, 0.3) is 0 Å². The number of hydrogen-bond acceptors (Lipinski definition) is 2. The van der Waals surface area contributed by atoms with Crippen LogP contribution < -0.4 is 5.32 Å². The Morgan fingerprint density at radius 2 is 2.00 bits per heavy atom. The lowest BCUT2D eigenvalue weighted by Crippen LogP contribution is -2.14. The van der Waals surface area contributed by atoms with Crippen LogP contribution in [0.15, 0.2) is 46.9 Å². The van der Waals surface area contributed by atoms with E-state index in [0.717, 1.165) is 15.7 Å². The summed E-state index contributed by atoms with van der Waals surface area (Å²) in [5, 5.41) is 12.4. The van der Waals surface area contributed by atoms with Crippen LogP contribution >= 0.6 is 15.9 Å². The van der Waals surface area contributed by atoms with Crippen LogP contribution in [0.3, 0.4) is 0 Å². The third-order valence-electron chi connectivity index (χ3n) is 2.67. The van der Waals surface area contributed by atoms with Gasteiger partial charge in [-0.25, -0.2) is 0 Å². The number of benzene rings is 2. The minimum atomic E-state index is -0.154. The van der Waals surface area contributed by atoms with Crippen molar-refractivity contribution in [3.05, 3.63) is 58.1 Å². The molecule has 0 aromatic heterocycles. The lowest BCUT2D eigenvalue weighted by atomic mass is 10.1. The van der Waals surface area contributed by atoms with E-state index in [1.807, 2.05) is 25.1 Å². The number of carbonyl (C=O) groups excluding carboxylic acids is 1. The van der Waals surface area contributed by atoms with E-state index in [-0.39, 0.29) is 18.1 Å². The Morgan fingerprint density at radius 3 is 2.68 bits per heavy atom. The molecule has 2 aromatic rings. The van der Waals surface area contributed by atoms with Crippen molar-refractivity contribution in [1.29, 1.82) is 0 Å². The summed E-state index contributed by atoms with van der Waals surface area (Å²) < 4.78 is 0.922. The zero-order chi connectivity index (χ0) is 13.8. The normalized spacial score (nSPS) is 10.2. The number of para-hydroxylation sites is 1. The summed E-state index contributed by atoms with van der Waals surface area (Å²) in [6, 6.07) is 12.6. The fourth-order valence-corrected chi connectivity index (χ4v) is 2.45. The first kappa shape index (κ1) is 13.6. The highest BCUT2D eigenvalue weighted by atomic mass is 79.9. The predicted octanol–water partition coefficient (Wildman–Crippen LogP) is 3.64. The highest BCUT2D eigenvalue weighted by molar-refractivity contribution is 9.10. The summed E-state index contributed by atoms with van der Waals surface area (Å²) in [5.41, 5.74) is 2.42. The summed E-state index contributed by atoms with van der Waals surface area (Å²) in [5.74, 6) is -0.0120. The molecule has 2 N–H and O–H groups in total. The summed E-state index contributed by atoms with van der Waals surface area (Å²) in [4.78, 5) is 11.9. The zero-order valence-electron chi connectivity index (χ0n) is 10.5. The van der Waals surface area contributed by atoms with Crippen LogP contribution in [0.4, 0.5) is 5.69 Å². The molecule has 0 aliphatic carbocycles. The predicted molar refractivity (Wildman–Crippen MR) is 79.3 cm³/mol. The van der Waals surface area contributed by atoms with E-state index in [0.29, 0.717) is 5.56 Å². The fraction of sp³-hybridized carbons (Fsp3) is 0.133. The number of nitrogens with one attached hydrogen (secondary N) is 1. The van der Waals surface area contributed by atoms with Gasteiger partial charge in [-0.05, 0) is 36.8 Å². The van der Waals surface area contributed by atoms with Crippen molar-refractivity contribution in [1.82, 2.24) is 0 Å². The van der Waals surface area contributed by atoms with Gasteiger partial charge < -0.3 is 10.4 Å². The molecule has 0 aliphatic rings. The number of amides is 1. The van der Waals surface area contributed by atoms with Crippen molar-refractivity contribution in [2.75, 3.05) is 5.32 Å². The molecule has 2 rings (SSSR count). The molecule has 0 unspecified atom stereocenters. The SMILES string of the molecule is Cc1cc(Br)cc(NC(=O)Cc2ccccc2O)c1. The van der Waals surface area contributed by atoms with Gasteiger partial charge >= 0.3 is 0 Å². The molecule has 2 aromatic carbocycles. The van der Waals surface area contributed by atoms with E-state index < -0.39 is 0 Å². The van der Waals surface area contributed by atoms with Crippen LogP contribution in [0.5, 0.6) is 5.75 Å².